The van der Waals surface area contributed by atoms with Crippen LogP contribution in [0.15, 0.2) is 11.1 Å². The van der Waals surface area contributed by atoms with Gasteiger partial charge >= 0.3 is 5.97 Å². The molecule has 3 N–H and O–H groups in total. The Morgan fingerprint density at radius 1 is 1.53 bits per heavy atom. The second-order valence-electron chi connectivity index (χ2n) is 3.46. The number of nitrogens with zero attached hydrogens (tertiary/aromatic N) is 2. The molecule has 0 spiro atoms. The molecule has 1 aromatic heterocycles. The van der Waals surface area contributed by atoms with E-state index in [4.69, 9.17) is 10.6 Å². The Labute approximate surface area is 116 Å². The molecule has 1 heterocycles. The van der Waals surface area contributed by atoms with Crippen LogP contribution < -0.4 is 11.3 Å². The number of rotatable bonds is 8. The number of carbonyl (C=O) groups is 1. The highest BCUT2D eigenvalue weighted by atomic mass is 32.2. The summed E-state index contributed by atoms with van der Waals surface area (Å²) in [5.74, 6) is 6.77. The third kappa shape index (κ3) is 5.86. The quantitative estimate of drug-likeness (QED) is 0.240. The molecule has 1 aromatic rings. The number of ether oxygens (including phenoxy) is 2. The van der Waals surface area contributed by atoms with Crippen LogP contribution >= 0.6 is 11.8 Å². The Bertz CT molecular complexity index is 417. The molecule has 0 unspecified atom stereocenters. The van der Waals surface area contributed by atoms with Crippen molar-refractivity contribution >= 4 is 23.5 Å². The average molecular weight is 286 g/mol. The molecule has 0 aliphatic rings. The van der Waals surface area contributed by atoms with Crippen LogP contribution in [-0.4, -0.2) is 35.4 Å². The van der Waals surface area contributed by atoms with Gasteiger partial charge in [-0.2, -0.15) is 0 Å². The third-order valence-electron chi connectivity index (χ3n) is 2.12. The summed E-state index contributed by atoms with van der Waals surface area (Å²) < 4.78 is 9.83. The van der Waals surface area contributed by atoms with E-state index in [9.17, 15) is 4.79 Å². The predicted molar refractivity (Wildman–Crippen MR) is 72.5 cm³/mol. The van der Waals surface area contributed by atoms with Gasteiger partial charge in [0.15, 0.2) is 5.82 Å². The first-order chi connectivity index (χ1) is 9.19. The molecule has 0 aliphatic carbocycles. The predicted octanol–water partition coefficient (Wildman–Crippen LogP) is 0.954. The first kappa shape index (κ1) is 15.7. The van der Waals surface area contributed by atoms with E-state index in [2.05, 4.69) is 20.1 Å². The summed E-state index contributed by atoms with van der Waals surface area (Å²) in [7, 11) is 1.37. The molecule has 1 rings (SSSR count). The number of thioether (sulfide) groups is 1. The summed E-state index contributed by atoms with van der Waals surface area (Å²) in [6.07, 6.45) is 0.331. The van der Waals surface area contributed by atoms with Crippen molar-refractivity contribution in [3.8, 4) is 0 Å². The lowest BCUT2D eigenvalue weighted by Crippen LogP contribution is -2.11. The van der Waals surface area contributed by atoms with Crippen LogP contribution in [-0.2, 0) is 20.9 Å². The second kappa shape index (κ2) is 8.68. The number of methoxy groups -OCH3 is 1. The van der Waals surface area contributed by atoms with Crippen LogP contribution in [0.25, 0.3) is 0 Å². The SMILES string of the molecule is CCOCc1nc(NN)cc(SCCC(=O)OC)n1. The fourth-order valence-electron chi connectivity index (χ4n) is 1.22. The van der Waals surface area contributed by atoms with Crippen molar-refractivity contribution in [2.75, 3.05) is 24.9 Å². The van der Waals surface area contributed by atoms with E-state index >= 15 is 0 Å². The molecule has 0 bridgehead atoms. The summed E-state index contributed by atoms with van der Waals surface area (Å²) >= 11 is 1.44. The topological polar surface area (TPSA) is 99.4 Å². The Kier molecular flexibility index (Phi) is 7.16. The highest BCUT2D eigenvalue weighted by molar-refractivity contribution is 7.99. The minimum Gasteiger partial charge on any atom is -0.469 e. The van der Waals surface area contributed by atoms with E-state index < -0.39 is 0 Å². The number of aromatic nitrogens is 2. The summed E-state index contributed by atoms with van der Waals surface area (Å²) in [4.78, 5) is 19.5. The van der Waals surface area contributed by atoms with Gasteiger partial charge in [-0.1, -0.05) is 0 Å². The van der Waals surface area contributed by atoms with Gasteiger partial charge < -0.3 is 14.9 Å². The first-order valence-corrected chi connectivity index (χ1v) is 6.80. The van der Waals surface area contributed by atoms with Gasteiger partial charge in [0.1, 0.15) is 17.5 Å². The Hall–Kier alpha value is -1.38. The van der Waals surface area contributed by atoms with Gasteiger partial charge in [0.05, 0.1) is 13.5 Å². The first-order valence-electron chi connectivity index (χ1n) is 5.81. The standard InChI is InChI=1S/C11H18N4O3S/c1-3-18-7-9-13-8(15-12)6-10(14-9)19-5-4-11(16)17-2/h6H,3-5,7,12H2,1-2H3,(H,13,14,15). The molecular formula is C11H18N4O3S. The lowest BCUT2D eigenvalue weighted by atomic mass is 10.5. The summed E-state index contributed by atoms with van der Waals surface area (Å²) in [5, 5.41) is 0.738. The van der Waals surface area contributed by atoms with E-state index in [-0.39, 0.29) is 5.97 Å². The fourth-order valence-corrected chi connectivity index (χ4v) is 2.06. The number of carbonyl (C=O) groups excluding carboxylic acids is 1. The average Bonchev–Trinajstić information content (AvgIpc) is 2.44. The van der Waals surface area contributed by atoms with Gasteiger partial charge in [0.25, 0.3) is 0 Å². The molecule has 106 valence electrons. The van der Waals surface area contributed by atoms with Gasteiger partial charge in [-0.05, 0) is 6.92 Å². The number of hydrogen-bond donors (Lipinski definition) is 2. The number of nitrogens with two attached hydrogens (primary N) is 1. The van der Waals surface area contributed by atoms with Crippen LogP contribution in [0.4, 0.5) is 5.82 Å². The molecule has 0 aliphatic heterocycles. The maximum atomic E-state index is 11.0. The van der Waals surface area contributed by atoms with Gasteiger partial charge in [0.2, 0.25) is 0 Å². The lowest BCUT2D eigenvalue weighted by molar-refractivity contribution is -0.140. The van der Waals surface area contributed by atoms with Crippen molar-refractivity contribution in [3.63, 3.8) is 0 Å². The number of hydrogen-bond acceptors (Lipinski definition) is 8. The molecule has 0 saturated carbocycles. The maximum Gasteiger partial charge on any atom is 0.306 e. The zero-order valence-corrected chi connectivity index (χ0v) is 11.8. The van der Waals surface area contributed by atoms with Crippen molar-refractivity contribution in [1.82, 2.24) is 9.97 Å². The lowest BCUT2D eigenvalue weighted by Gasteiger charge is -2.07. The summed E-state index contributed by atoms with van der Waals surface area (Å²) in [5.41, 5.74) is 2.48. The monoisotopic (exact) mass is 286 g/mol. The Balaban J connectivity index is 2.62. The molecule has 0 atom stereocenters. The van der Waals surface area contributed by atoms with Gasteiger partial charge in [-0.15, -0.1) is 11.8 Å². The molecular weight excluding hydrogens is 268 g/mol. The maximum absolute atomic E-state index is 11.0. The molecule has 0 fully saturated rings. The number of nitrogens with one attached hydrogen (secondary N) is 1. The molecule has 0 radical (unpaired) electrons. The molecule has 0 aromatic carbocycles. The number of esters is 1. The minimum absolute atomic E-state index is 0.242. The van der Waals surface area contributed by atoms with E-state index in [1.807, 2.05) is 6.92 Å². The van der Waals surface area contributed by atoms with Crippen LogP contribution in [0.1, 0.15) is 19.2 Å². The van der Waals surface area contributed by atoms with Crippen molar-refractivity contribution in [1.29, 1.82) is 0 Å². The zero-order valence-electron chi connectivity index (χ0n) is 11.0. The highest BCUT2D eigenvalue weighted by Gasteiger charge is 2.06. The van der Waals surface area contributed by atoms with Crippen molar-refractivity contribution < 1.29 is 14.3 Å². The van der Waals surface area contributed by atoms with E-state index in [1.165, 1.54) is 18.9 Å². The molecule has 8 heteroatoms. The normalized spacial score (nSPS) is 10.3. The minimum atomic E-state index is -0.242. The number of hydrazine groups is 1. The molecule has 0 amide bonds. The van der Waals surface area contributed by atoms with Gasteiger partial charge in [-0.3, -0.25) is 4.79 Å². The van der Waals surface area contributed by atoms with Crippen LogP contribution in [0.5, 0.6) is 0 Å². The van der Waals surface area contributed by atoms with Crippen molar-refractivity contribution in [2.45, 2.75) is 25.0 Å². The van der Waals surface area contributed by atoms with Crippen molar-refractivity contribution in [2.24, 2.45) is 5.84 Å². The smallest absolute Gasteiger partial charge is 0.306 e. The van der Waals surface area contributed by atoms with E-state index in [1.54, 1.807) is 6.07 Å². The summed E-state index contributed by atoms with van der Waals surface area (Å²) in [6.45, 7) is 2.82. The van der Waals surface area contributed by atoms with Crippen LogP contribution in [0.2, 0.25) is 0 Å². The highest BCUT2D eigenvalue weighted by Crippen LogP contribution is 2.19. The fraction of sp³-hybridized carbons (Fsp3) is 0.545. The van der Waals surface area contributed by atoms with Crippen molar-refractivity contribution in [3.05, 3.63) is 11.9 Å². The number of nitrogen functional groups attached to an aromatic ring is 1. The third-order valence-corrected chi connectivity index (χ3v) is 3.03. The Morgan fingerprint density at radius 3 is 2.95 bits per heavy atom. The zero-order chi connectivity index (χ0) is 14.1. The van der Waals surface area contributed by atoms with Crippen LogP contribution in [0.3, 0.4) is 0 Å². The molecule has 19 heavy (non-hydrogen) atoms. The number of anilines is 1. The largest absolute Gasteiger partial charge is 0.469 e. The van der Waals surface area contributed by atoms with Gasteiger partial charge in [-0.25, -0.2) is 15.8 Å². The molecule has 0 saturated heterocycles. The van der Waals surface area contributed by atoms with Gasteiger partial charge in [0, 0.05) is 18.4 Å². The van der Waals surface area contributed by atoms with E-state index in [0.717, 1.165) is 5.03 Å². The summed E-state index contributed by atoms with van der Waals surface area (Å²) in [6, 6.07) is 1.72. The van der Waals surface area contributed by atoms with Crippen LogP contribution in [0, 0.1) is 0 Å². The van der Waals surface area contributed by atoms with E-state index in [0.29, 0.717) is 37.0 Å². The second-order valence-corrected chi connectivity index (χ2v) is 4.58. The molecule has 7 nitrogen and oxygen atoms in total. The Morgan fingerprint density at radius 2 is 2.32 bits per heavy atom.